The van der Waals surface area contributed by atoms with Gasteiger partial charge >= 0.3 is 0 Å². The molecule has 34 heavy (non-hydrogen) atoms. The number of amides is 2. The van der Waals surface area contributed by atoms with Gasteiger partial charge < -0.3 is 19.7 Å². The third-order valence-electron chi connectivity index (χ3n) is 6.18. The van der Waals surface area contributed by atoms with E-state index in [9.17, 15) is 9.59 Å². The van der Waals surface area contributed by atoms with Crippen LogP contribution in [-0.4, -0.2) is 49.1 Å². The summed E-state index contributed by atoms with van der Waals surface area (Å²) in [7, 11) is 0. The van der Waals surface area contributed by atoms with E-state index < -0.39 is 0 Å². The lowest BCUT2D eigenvalue weighted by molar-refractivity contribution is -0.134. The highest BCUT2D eigenvalue weighted by Crippen LogP contribution is 2.29. The average molecular weight is 467 g/mol. The molecule has 1 atom stereocenters. The first-order valence-electron chi connectivity index (χ1n) is 12.6. The Morgan fingerprint density at radius 2 is 1.59 bits per heavy atom. The molecule has 0 aromatic heterocycles. The van der Waals surface area contributed by atoms with Crippen molar-refractivity contribution in [3.63, 3.8) is 0 Å². The van der Waals surface area contributed by atoms with E-state index >= 15 is 0 Å². The maximum absolute atomic E-state index is 13.1. The van der Waals surface area contributed by atoms with Crippen molar-refractivity contribution in [2.45, 2.75) is 64.8 Å². The Morgan fingerprint density at radius 3 is 2.21 bits per heavy atom. The fraction of sp³-hybridized carbons (Fsp3) is 0.500. The monoisotopic (exact) mass is 466 g/mol. The molecule has 2 aromatic rings. The van der Waals surface area contributed by atoms with Gasteiger partial charge in [0.05, 0.1) is 19.1 Å². The molecule has 0 bridgehead atoms. The molecular weight excluding hydrogens is 428 g/mol. The number of ether oxygens (including phenoxy) is 2. The summed E-state index contributed by atoms with van der Waals surface area (Å²) in [5, 5.41) is 3.14. The normalized spacial score (nSPS) is 15.0. The first-order valence-corrected chi connectivity index (χ1v) is 12.6. The highest BCUT2D eigenvalue weighted by Gasteiger charge is 2.29. The third kappa shape index (κ3) is 6.75. The summed E-state index contributed by atoms with van der Waals surface area (Å²) in [6.45, 7) is 8.64. The van der Waals surface area contributed by atoms with Crippen LogP contribution in [0, 0.1) is 0 Å². The second kappa shape index (κ2) is 13.0. The van der Waals surface area contributed by atoms with Crippen LogP contribution in [0.5, 0.6) is 11.5 Å². The van der Waals surface area contributed by atoms with E-state index in [1.807, 2.05) is 48.2 Å². The Morgan fingerprint density at radius 1 is 0.941 bits per heavy atom. The standard InChI is InChI=1S/C28H38N2O4/c1-4-18-33-25-13-12-22(20-26(25)34-19-5-2)27(31)29-23-14-16-30(17-15-23)28(32)24(6-3)21-10-8-7-9-11-21/h7-13,20,23-24H,4-6,14-19H2,1-3H3,(H,29,31). The topological polar surface area (TPSA) is 67.9 Å². The van der Waals surface area contributed by atoms with Crippen LogP contribution in [0.15, 0.2) is 48.5 Å². The zero-order valence-electron chi connectivity index (χ0n) is 20.7. The molecule has 0 spiro atoms. The van der Waals surface area contributed by atoms with Gasteiger partial charge in [0, 0.05) is 24.7 Å². The molecule has 0 radical (unpaired) electrons. The van der Waals surface area contributed by atoms with Crippen molar-refractivity contribution in [3.8, 4) is 11.5 Å². The van der Waals surface area contributed by atoms with Gasteiger partial charge in [0.2, 0.25) is 5.91 Å². The van der Waals surface area contributed by atoms with Crippen molar-refractivity contribution >= 4 is 11.8 Å². The predicted molar refractivity (Wildman–Crippen MR) is 135 cm³/mol. The molecule has 1 N–H and O–H groups in total. The average Bonchev–Trinajstić information content (AvgIpc) is 2.87. The summed E-state index contributed by atoms with van der Waals surface area (Å²) < 4.78 is 11.6. The summed E-state index contributed by atoms with van der Waals surface area (Å²) in [5.74, 6) is 1.22. The van der Waals surface area contributed by atoms with Crippen LogP contribution in [0.25, 0.3) is 0 Å². The summed E-state index contributed by atoms with van der Waals surface area (Å²) in [5.41, 5.74) is 1.63. The predicted octanol–water partition coefficient (Wildman–Crippen LogP) is 5.18. The van der Waals surface area contributed by atoms with Gasteiger partial charge in [-0.1, -0.05) is 51.1 Å². The first kappa shape index (κ1) is 25.6. The van der Waals surface area contributed by atoms with Gasteiger partial charge in [-0.2, -0.15) is 0 Å². The summed E-state index contributed by atoms with van der Waals surface area (Å²) >= 11 is 0. The molecule has 184 valence electrons. The molecule has 3 rings (SSSR count). The van der Waals surface area contributed by atoms with E-state index in [1.54, 1.807) is 12.1 Å². The largest absolute Gasteiger partial charge is 0.490 e. The van der Waals surface area contributed by atoms with Gasteiger partial charge in [-0.3, -0.25) is 9.59 Å². The fourth-order valence-electron chi connectivity index (χ4n) is 4.28. The molecule has 2 amide bonds. The third-order valence-corrected chi connectivity index (χ3v) is 6.18. The van der Waals surface area contributed by atoms with Crippen LogP contribution in [0.4, 0.5) is 0 Å². The van der Waals surface area contributed by atoms with Crippen LogP contribution in [0.1, 0.15) is 74.7 Å². The Hall–Kier alpha value is -3.02. The van der Waals surface area contributed by atoms with E-state index in [-0.39, 0.29) is 23.8 Å². The molecular formula is C28H38N2O4. The number of benzene rings is 2. The number of carbonyl (C=O) groups is 2. The molecule has 6 heteroatoms. The second-order valence-electron chi connectivity index (χ2n) is 8.80. The fourth-order valence-corrected chi connectivity index (χ4v) is 4.28. The number of piperidine rings is 1. The van der Waals surface area contributed by atoms with Crippen LogP contribution >= 0.6 is 0 Å². The number of nitrogens with one attached hydrogen (secondary N) is 1. The minimum Gasteiger partial charge on any atom is -0.490 e. The minimum absolute atomic E-state index is 0.0457. The lowest BCUT2D eigenvalue weighted by Crippen LogP contribution is -2.47. The maximum Gasteiger partial charge on any atom is 0.251 e. The molecule has 0 saturated carbocycles. The van der Waals surface area contributed by atoms with Crippen molar-refractivity contribution in [1.82, 2.24) is 10.2 Å². The molecule has 1 unspecified atom stereocenters. The molecule has 0 aliphatic carbocycles. The summed E-state index contributed by atoms with van der Waals surface area (Å²) in [6.07, 6.45) is 4.06. The molecule has 1 saturated heterocycles. The van der Waals surface area contributed by atoms with Gasteiger partial charge in [-0.05, 0) is 55.9 Å². The molecule has 1 fully saturated rings. The quantitative estimate of drug-likeness (QED) is 0.496. The Kier molecular flexibility index (Phi) is 9.80. The van der Waals surface area contributed by atoms with E-state index in [0.29, 0.717) is 43.4 Å². The van der Waals surface area contributed by atoms with Gasteiger partial charge in [-0.25, -0.2) is 0 Å². The highest BCUT2D eigenvalue weighted by molar-refractivity contribution is 5.95. The van der Waals surface area contributed by atoms with Crippen LogP contribution in [0.2, 0.25) is 0 Å². The van der Waals surface area contributed by atoms with Gasteiger partial charge in [0.1, 0.15) is 0 Å². The smallest absolute Gasteiger partial charge is 0.251 e. The van der Waals surface area contributed by atoms with Crippen molar-refractivity contribution in [2.24, 2.45) is 0 Å². The van der Waals surface area contributed by atoms with E-state index in [4.69, 9.17) is 9.47 Å². The van der Waals surface area contributed by atoms with Crippen LogP contribution in [0.3, 0.4) is 0 Å². The minimum atomic E-state index is -0.121. The zero-order valence-corrected chi connectivity index (χ0v) is 20.7. The highest BCUT2D eigenvalue weighted by atomic mass is 16.5. The molecule has 2 aromatic carbocycles. The zero-order chi connectivity index (χ0) is 24.3. The maximum atomic E-state index is 13.1. The van der Waals surface area contributed by atoms with Gasteiger partial charge in [-0.15, -0.1) is 0 Å². The van der Waals surface area contributed by atoms with Gasteiger partial charge in [0.25, 0.3) is 5.91 Å². The summed E-state index contributed by atoms with van der Waals surface area (Å²) in [4.78, 5) is 28.0. The number of nitrogens with zero attached hydrogens (tertiary/aromatic N) is 1. The number of rotatable bonds is 11. The second-order valence-corrected chi connectivity index (χ2v) is 8.80. The summed E-state index contributed by atoms with van der Waals surface area (Å²) in [6, 6.07) is 15.4. The molecule has 1 aliphatic heterocycles. The van der Waals surface area contributed by atoms with Crippen LogP contribution < -0.4 is 14.8 Å². The Balaban J connectivity index is 1.57. The van der Waals surface area contributed by atoms with E-state index in [1.165, 1.54) is 0 Å². The van der Waals surface area contributed by atoms with E-state index in [2.05, 4.69) is 19.2 Å². The van der Waals surface area contributed by atoms with Crippen molar-refractivity contribution < 1.29 is 19.1 Å². The lowest BCUT2D eigenvalue weighted by atomic mass is 9.93. The molecule has 1 aliphatic rings. The van der Waals surface area contributed by atoms with Crippen molar-refractivity contribution in [1.29, 1.82) is 0 Å². The SMILES string of the molecule is CCCOc1ccc(C(=O)NC2CCN(C(=O)C(CC)c3ccccc3)CC2)cc1OCCC. The number of likely N-dealkylation sites (tertiary alicyclic amines) is 1. The Bertz CT molecular complexity index is 923. The van der Waals surface area contributed by atoms with Crippen molar-refractivity contribution in [2.75, 3.05) is 26.3 Å². The van der Waals surface area contributed by atoms with Gasteiger partial charge in [0.15, 0.2) is 11.5 Å². The first-order chi connectivity index (χ1) is 16.6. The number of hydrogen-bond acceptors (Lipinski definition) is 4. The van der Waals surface area contributed by atoms with E-state index in [0.717, 1.165) is 37.7 Å². The number of hydrogen-bond donors (Lipinski definition) is 1. The Labute approximate surface area is 203 Å². The van der Waals surface area contributed by atoms with Crippen LogP contribution in [-0.2, 0) is 4.79 Å². The number of carbonyl (C=O) groups excluding carboxylic acids is 2. The van der Waals surface area contributed by atoms with Crippen molar-refractivity contribution in [3.05, 3.63) is 59.7 Å². The lowest BCUT2D eigenvalue weighted by Gasteiger charge is -2.34. The molecule has 6 nitrogen and oxygen atoms in total. The molecule has 1 heterocycles.